The van der Waals surface area contributed by atoms with Gasteiger partial charge in [0.05, 0.1) is 0 Å². The smallest absolute Gasteiger partial charge is 0.277 e. The Kier molecular flexibility index (Phi) is 4.62. The van der Waals surface area contributed by atoms with E-state index in [1.165, 1.54) is 30.0 Å². The molecule has 0 spiro atoms. The molecule has 2 atom stereocenters. The summed E-state index contributed by atoms with van der Waals surface area (Å²) in [6.07, 6.45) is 1.87. The lowest BCUT2D eigenvalue weighted by Crippen LogP contribution is -2.58. The molecular weight excluding hydrogens is 295 g/mol. The summed E-state index contributed by atoms with van der Waals surface area (Å²) in [7, 11) is 0. The molecule has 1 aromatic carbocycles. The number of barbiturate groups is 1. The van der Waals surface area contributed by atoms with E-state index in [1.54, 1.807) is 0 Å². The molecule has 1 aliphatic heterocycles. The number of amides is 4. The first kappa shape index (κ1) is 15.5. The molecule has 4 amide bonds. The fraction of sp³-hybridized carbons (Fsp3) is 0.357. The van der Waals surface area contributed by atoms with Crippen LogP contribution in [0.4, 0.5) is 9.18 Å². The van der Waals surface area contributed by atoms with Gasteiger partial charge in [-0.25, -0.2) is 9.18 Å². The molecule has 1 saturated heterocycles. The first-order valence-electron chi connectivity index (χ1n) is 6.38. The molecule has 5 nitrogen and oxygen atoms in total. The van der Waals surface area contributed by atoms with Crippen LogP contribution < -0.4 is 5.32 Å². The van der Waals surface area contributed by atoms with Crippen LogP contribution in [0, 0.1) is 5.82 Å². The third kappa shape index (κ3) is 3.24. The molecule has 0 aliphatic carbocycles. The number of nitrogens with zero attached hydrogens (tertiary/aromatic N) is 1. The Morgan fingerprint density at radius 1 is 1.38 bits per heavy atom. The second-order valence-electron chi connectivity index (χ2n) is 4.78. The lowest BCUT2D eigenvalue weighted by atomic mass is 9.95. The molecule has 2 unspecified atom stereocenters. The van der Waals surface area contributed by atoms with Gasteiger partial charge in [0, 0.05) is 11.8 Å². The van der Waals surface area contributed by atoms with Crippen molar-refractivity contribution in [3.8, 4) is 0 Å². The maximum Gasteiger partial charge on any atom is 0.330 e. The van der Waals surface area contributed by atoms with E-state index < -0.39 is 29.6 Å². The summed E-state index contributed by atoms with van der Waals surface area (Å²) in [4.78, 5) is 37.2. The maximum atomic E-state index is 13.3. The molecule has 0 bridgehead atoms. The van der Waals surface area contributed by atoms with Gasteiger partial charge in [-0.2, -0.15) is 11.8 Å². The van der Waals surface area contributed by atoms with E-state index in [0.717, 1.165) is 11.0 Å². The number of urea groups is 1. The number of benzene rings is 1. The third-order valence-corrected chi connectivity index (χ3v) is 4.23. The van der Waals surface area contributed by atoms with Gasteiger partial charge in [0.2, 0.25) is 11.8 Å². The van der Waals surface area contributed by atoms with E-state index in [4.69, 9.17) is 0 Å². The van der Waals surface area contributed by atoms with Crippen molar-refractivity contribution in [2.75, 3.05) is 12.8 Å². The Morgan fingerprint density at radius 2 is 2.10 bits per heavy atom. The number of imide groups is 2. The highest BCUT2D eigenvalue weighted by Gasteiger charge is 2.41. The summed E-state index contributed by atoms with van der Waals surface area (Å²) in [5.41, 5.74) is 0.242. The molecule has 112 valence electrons. The van der Waals surface area contributed by atoms with Crippen LogP contribution >= 0.6 is 11.8 Å². The Morgan fingerprint density at radius 3 is 2.71 bits per heavy atom. The number of carbonyl (C=O) groups is 3. The number of nitrogens with one attached hydrogen (secondary N) is 1. The molecule has 1 heterocycles. The lowest BCUT2D eigenvalue weighted by molar-refractivity contribution is -0.138. The number of carbonyl (C=O) groups excluding carboxylic acids is 3. The van der Waals surface area contributed by atoms with Crippen molar-refractivity contribution in [1.82, 2.24) is 10.2 Å². The number of halogens is 1. The van der Waals surface area contributed by atoms with Crippen LogP contribution in [0.2, 0.25) is 0 Å². The van der Waals surface area contributed by atoms with Crippen LogP contribution in [-0.2, 0) is 9.59 Å². The van der Waals surface area contributed by atoms with Crippen LogP contribution in [-0.4, -0.2) is 40.8 Å². The molecule has 1 N–H and O–H groups in total. The molecule has 0 radical (unpaired) electrons. The SMILES string of the molecule is CSC(C)CN1C(=O)NC(=O)C(c2cccc(F)c2)C1=O. The monoisotopic (exact) mass is 310 g/mol. The molecule has 0 aromatic heterocycles. The molecule has 1 aromatic rings. The number of hydrogen-bond acceptors (Lipinski definition) is 4. The minimum Gasteiger partial charge on any atom is -0.277 e. The molecule has 1 fully saturated rings. The van der Waals surface area contributed by atoms with Crippen LogP contribution in [0.1, 0.15) is 18.4 Å². The Balaban J connectivity index is 2.31. The van der Waals surface area contributed by atoms with Gasteiger partial charge in [-0.3, -0.25) is 19.8 Å². The Bertz CT molecular complexity index is 593. The molecule has 1 aliphatic rings. The molecule has 21 heavy (non-hydrogen) atoms. The summed E-state index contributed by atoms with van der Waals surface area (Å²) < 4.78 is 13.3. The lowest BCUT2D eigenvalue weighted by Gasteiger charge is -2.31. The van der Waals surface area contributed by atoms with Gasteiger partial charge in [0.15, 0.2) is 0 Å². The fourth-order valence-electron chi connectivity index (χ4n) is 2.10. The van der Waals surface area contributed by atoms with Crippen LogP contribution in [0.5, 0.6) is 0 Å². The Hall–Kier alpha value is -1.89. The maximum absolute atomic E-state index is 13.3. The topological polar surface area (TPSA) is 66.5 Å². The van der Waals surface area contributed by atoms with Crippen LogP contribution in [0.15, 0.2) is 24.3 Å². The van der Waals surface area contributed by atoms with Crippen molar-refractivity contribution in [2.45, 2.75) is 18.1 Å². The summed E-state index contributed by atoms with van der Waals surface area (Å²) >= 11 is 1.50. The second-order valence-corrected chi connectivity index (χ2v) is 6.05. The normalized spacial score (nSPS) is 20.4. The van der Waals surface area contributed by atoms with Gasteiger partial charge >= 0.3 is 6.03 Å². The van der Waals surface area contributed by atoms with Crippen molar-refractivity contribution in [1.29, 1.82) is 0 Å². The van der Waals surface area contributed by atoms with Gasteiger partial charge in [-0.15, -0.1) is 0 Å². The van der Waals surface area contributed by atoms with Gasteiger partial charge in [-0.05, 0) is 24.0 Å². The highest BCUT2D eigenvalue weighted by atomic mass is 32.2. The zero-order valence-electron chi connectivity index (χ0n) is 11.6. The zero-order chi connectivity index (χ0) is 15.6. The standard InChI is InChI=1S/C14H15FN2O3S/c1-8(21-2)7-17-13(19)11(12(18)16-14(17)20)9-4-3-5-10(15)6-9/h3-6,8,11H,7H2,1-2H3,(H,16,18,20). The summed E-state index contributed by atoms with van der Waals surface area (Å²) in [5.74, 6) is -3.06. The van der Waals surface area contributed by atoms with Crippen LogP contribution in [0.25, 0.3) is 0 Å². The molecule has 7 heteroatoms. The zero-order valence-corrected chi connectivity index (χ0v) is 12.4. The third-order valence-electron chi connectivity index (χ3n) is 3.27. The predicted octanol–water partition coefficient (Wildman–Crippen LogP) is 1.74. The summed E-state index contributed by atoms with van der Waals surface area (Å²) in [6.45, 7) is 2.07. The van der Waals surface area contributed by atoms with Gasteiger partial charge in [0.1, 0.15) is 11.7 Å². The van der Waals surface area contributed by atoms with E-state index in [-0.39, 0.29) is 17.4 Å². The summed E-state index contributed by atoms with van der Waals surface area (Å²) in [6, 6.07) is 4.56. The predicted molar refractivity (Wildman–Crippen MR) is 77.4 cm³/mol. The van der Waals surface area contributed by atoms with Crippen molar-refractivity contribution in [3.05, 3.63) is 35.6 Å². The quantitative estimate of drug-likeness (QED) is 0.860. The molecule has 0 saturated carbocycles. The number of hydrogen-bond donors (Lipinski definition) is 1. The largest absolute Gasteiger partial charge is 0.330 e. The van der Waals surface area contributed by atoms with E-state index in [9.17, 15) is 18.8 Å². The van der Waals surface area contributed by atoms with Crippen molar-refractivity contribution in [2.24, 2.45) is 0 Å². The average molecular weight is 310 g/mol. The van der Waals surface area contributed by atoms with E-state index >= 15 is 0 Å². The van der Waals surface area contributed by atoms with E-state index in [1.807, 2.05) is 13.2 Å². The highest BCUT2D eigenvalue weighted by Crippen LogP contribution is 2.24. The molecular formula is C14H15FN2O3S. The fourth-order valence-corrected chi connectivity index (χ4v) is 2.40. The van der Waals surface area contributed by atoms with Crippen LogP contribution in [0.3, 0.4) is 0 Å². The average Bonchev–Trinajstić information content (AvgIpc) is 2.43. The van der Waals surface area contributed by atoms with Crippen molar-refractivity contribution < 1.29 is 18.8 Å². The van der Waals surface area contributed by atoms with Crippen molar-refractivity contribution >= 4 is 29.6 Å². The molecule has 2 rings (SSSR count). The number of rotatable bonds is 4. The van der Waals surface area contributed by atoms with Gasteiger partial charge in [-0.1, -0.05) is 19.1 Å². The highest BCUT2D eigenvalue weighted by molar-refractivity contribution is 7.99. The van der Waals surface area contributed by atoms with E-state index in [0.29, 0.717) is 0 Å². The first-order valence-corrected chi connectivity index (χ1v) is 7.67. The first-order chi connectivity index (χ1) is 9.93. The minimum absolute atomic E-state index is 0.0426. The second kappa shape index (κ2) is 6.26. The Labute approximate surface area is 125 Å². The summed E-state index contributed by atoms with van der Waals surface area (Å²) in [5, 5.41) is 2.20. The van der Waals surface area contributed by atoms with Gasteiger partial charge in [0.25, 0.3) is 0 Å². The number of thioether (sulfide) groups is 1. The minimum atomic E-state index is -1.19. The van der Waals surface area contributed by atoms with Gasteiger partial charge < -0.3 is 0 Å². The van der Waals surface area contributed by atoms with E-state index in [2.05, 4.69) is 5.32 Å². The van der Waals surface area contributed by atoms with Crippen molar-refractivity contribution in [3.63, 3.8) is 0 Å².